The van der Waals surface area contributed by atoms with Crippen molar-refractivity contribution in [1.82, 2.24) is 4.31 Å². The fourth-order valence-corrected chi connectivity index (χ4v) is 4.43. The fourth-order valence-electron chi connectivity index (χ4n) is 2.08. The molecule has 0 amide bonds. The second kappa shape index (κ2) is 5.88. The average Bonchev–Trinajstić information content (AvgIpc) is 2.41. The van der Waals surface area contributed by atoms with Crippen LogP contribution in [0.5, 0.6) is 0 Å². The van der Waals surface area contributed by atoms with E-state index < -0.39 is 16.1 Å². The summed E-state index contributed by atoms with van der Waals surface area (Å²) in [5, 5.41) is 9.30. The van der Waals surface area contributed by atoms with Gasteiger partial charge in [0, 0.05) is 11.0 Å². The minimum atomic E-state index is -3.61. The number of nitrogens with zero attached hydrogens (tertiary/aromatic N) is 1. The van der Waals surface area contributed by atoms with Crippen LogP contribution < -0.4 is 0 Å². The third-order valence-electron chi connectivity index (χ3n) is 3.12. The van der Waals surface area contributed by atoms with Gasteiger partial charge < -0.3 is 9.84 Å². The van der Waals surface area contributed by atoms with Crippen molar-refractivity contribution in [3.8, 4) is 0 Å². The van der Waals surface area contributed by atoms with E-state index in [4.69, 9.17) is 4.74 Å². The van der Waals surface area contributed by atoms with E-state index in [0.29, 0.717) is 16.6 Å². The Morgan fingerprint density at radius 2 is 2.26 bits per heavy atom. The number of sulfonamides is 1. The summed E-state index contributed by atoms with van der Waals surface area (Å²) in [6.45, 7) is 2.35. The number of rotatable bonds is 3. The molecule has 0 aliphatic carbocycles. The second-order valence-electron chi connectivity index (χ2n) is 4.44. The number of aliphatic hydroxyl groups excluding tert-OH is 1. The van der Waals surface area contributed by atoms with Crippen LogP contribution in [0.15, 0.2) is 27.6 Å². The standard InChI is InChI=1S/C12H16BrNO4S/c1-9-2-3-10(13)6-12(9)19(16,17)14-4-5-18-8-11(14)7-15/h2-3,6,11,15H,4-5,7-8H2,1H3. The maximum Gasteiger partial charge on any atom is 0.243 e. The first-order valence-corrected chi connectivity index (χ1v) is 8.16. The first kappa shape index (κ1) is 14.9. The Labute approximate surface area is 121 Å². The lowest BCUT2D eigenvalue weighted by Crippen LogP contribution is -2.50. The number of hydrogen-bond acceptors (Lipinski definition) is 4. The molecule has 2 rings (SSSR count). The van der Waals surface area contributed by atoms with Crippen LogP contribution in [0, 0.1) is 6.92 Å². The average molecular weight is 350 g/mol. The number of halogens is 1. The van der Waals surface area contributed by atoms with Gasteiger partial charge in [-0.3, -0.25) is 0 Å². The highest BCUT2D eigenvalue weighted by molar-refractivity contribution is 9.10. The van der Waals surface area contributed by atoms with Gasteiger partial charge in [0.15, 0.2) is 0 Å². The van der Waals surface area contributed by atoms with Crippen molar-refractivity contribution in [2.45, 2.75) is 17.9 Å². The van der Waals surface area contributed by atoms with E-state index in [9.17, 15) is 13.5 Å². The molecule has 0 bridgehead atoms. The number of aryl methyl sites for hydroxylation is 1. The molecule has 1 saturated heterocycles. The van der Waals surface area contributed by atoms with Gasteiger partial charge in [0.1, 0.15) is 0 Å². The fraction of sp³-hybridized carbons (Fsp3) is 0.500. The summed E-state index contributed by atoms with van der Waals surface area (Å²) in [6.07, 6.45) is 0. The predicted octanol–water partition coefficient (Wildman–Crippen LogP) is 1.14. The molecule has 7 heteroatoms. The topological polar surface area (TPSA) is 66.8 Å². The number of morpholine rings is 1. The quantitative estimate of drug-likeness (QED) is 0.888. The molecule has 5 nitrogen and oxygen atoms in total. The van der Waals surface area contributed by atoms with Crippen LogP contribution in [0.4, 0.5) is 0 Å². The molecule has 1 aromatic rings. The van der Waals surface area contributed by atoms with Crippen molar-refractivity contribution in [2.75, 3.05) is 26.4 Å². The third-order valence-corrected chi connectivity index (χ3v) is 5.71. The van der Waals surface area contributed by atoms with Gasteiger partial charge in [0.05, 0.1) is 30.8 Å². The highest BCUT2D eigenvalue weighted by Gasteiger charge is 2.34. The first-order chi connectivity index (χ1) is 8.96. The van der Waals surface area contributed by atoms with E-state index in [1.165, 1.54) is 4.31 Å². The molecule has 1 atom stereocenters. The van der Waals surface area contributed by atoms with E-state index in [1.54, 1.807) is 25.1 Å². The zero-order chi connectivity index (χ0) is 14.0. The van der Waals surface area contributed by atoms with Gasteiger partial charge in [-0.1, -0.05) is 22.0 Å². The lowest BCUT2D eigenvalue weighted by atomic mass is 10.2. The van der Waals surface area contributed by atoms with E-state index in [-0.39, 0.29) is 24.7 Å². The highest BCUT2D eigenvalue weighted by atomic mass is 79.9. The Morgan fingerprint density at radius 3 is 2.95 bits per heavy atom. The van der Waals surface area contributed by atoms with Crippen LogP contribution >= 0.6 is 15.9 Å². The molecule has 0 aromatic heterocycles. The molecule has 1 heterocycles. The monoisotopic (exact) mass is 349 g/mol. The molecule has 106 valence electrons. The zero-order valence-corrected chi connectivity index (χ0v) is 12.9. The summed E-state index contributed by atoms with van der Waals surface area (Å²) < 4.78 is 32.6. The zero-order valence-electron chi connectivity index (χ0n) is 10.5. The summed E-state index contributed by atoms with van der Waals surface area (Å²) in [5.41, 5.74) is 0.686. The van der Waals surface area contributed by atoms with Gasteiger partial charge in [-0.05, 0) is 24.6 Å². The van der Waals surface area contributed by atoms with Gasteiger partial charge in [0.25, 0.3) is 0 Å². The van der Waals surface area contributed by atoms with Gasteiger partial charge in [-0.15, -0.1) is 0 Å². The van der Waals surface area contributed by atoms with Gasteiger partial charge in [-0.25, -0.2) is 8.42 Å². The van der Waals surface area contributed by atoms with Crippen molar-refractivity contribution < 1.29 is 18.3 Å². The van der Waals surface area contributed by atoms with Crippen LogP contribution in [0.1, 0.15) is 5.56 Å². The minimum Gasteiger partial charge on any atom is -0.395 e. The molecule has 0 radical (unpaired) electrons. The lowest BCUT2D eigenvalue weighted by Gasteiger charge is -2.33. The van der Waals surface area contributed by atoms with Crippen LogP contribution in [0.3, 0.4) is 0 Å². The molecule has 19 heavy (non-hydrogen) atoms. The van der Waals surface area contributed by atoms with Crippen LogP contribution in [-0.4, -0.2) is 50.2 Å². The summed E-state index contributed by atoms with van der Waals surface area (Å²) >= 11 is 3.29. The van der Waals surface area contributed by atoms with Crippen LogP contribution in [-0.2, 0) is 14.8 Å². The van der Waals surface area contributed by atoms with Crippen molar-refractivity contribution in [3.05, 3.63) is 28.2 Å². The smallest absolute Gasteiger partial charge is 0.243 e. The van der Waals surface area contributed by atoms with Crippen LogP contribution in [0.25, 0.3) is 0 Å². The van der Waals surface area contributed by atoms with Gasteiger partial charge >= 0.3 is 0 Å². The summed E-state index contributed by atoms with van der Waals surface area (Å²) in [5.74, 6) is 0. The molecule has 1 N–H and O–H groups in total. The normalized spacial score (nSPS) is 21.5. The van der Waals surface area contributed by atoms with E-state index >= 15 is 0 Å². The van der Waals surface area contributed by atoms with Gasteiger partial charge in [0.2, 0.25) is 10.0 Å². The third kappa shape index (κ3) is 3.00. The number of hydrogen-bond donors (Lipinski definition) is 1. The number of aliphatic hydroxyl groups is 1. The SMILES string of the molecule is Cc1ccc(Br)cc1S(=O)(=O)N1CCOCC1CO. The van der Waals surface area contributed by atoms with E-state index in [2.05, 4.69) is 15.9 Å². The molecule has 0 saturated carbocycles. The molecule has 1 fully saturated rings. The molecule has 1 aromatic carbocycles. The van der Waals surface area contributed by atoms with Gasteiger partial charge in [-0.2, -0.15) is 4.31 Å². The summed E-state index contributed by atoms with van der Waals surface area (Å²) in [7, 11) is -3.61. The van der Waals surface area contributed by atoms with Crippen LogP contribution in [0.2, 0.25) is 0 Å². The Balaban J connectivity index is 2.43. The summed E-state index contributed by atoms with van der Waals surface area (Å²) in [6, 6.07) is 4.63. The van der Waals surface area contributed by atoms with E-state index in [1.807, 2.05) is 0 Å². The Bertz CT molecular complexity index is 561. The van der Waals surface area contributed by atoms with Crippen molar-refractivity contribution in [2.24, 2.45) is 0 Å². The molecular weight excluding hydrogens is 334 g/mol. The number of ether oxygens (including phenoxy) is 1. The number of benzene rings is 1. The van der Waals surface area contributed by atoms with Crippen molar-refractivity contribution in [1.29, 1.82) is 0 Å². The Kier molecular flexibility index (Phi) is 4.62. The predicted molar refractivity (Wildman–Crippen MR) is 74.5 cm³/mol. The highest BCUT2D eigenvalue weighted by Crippen LogP contribution is 2.26. The van der Waals surface area contributed by atoms with E-state index in [0.717, 1.165) is 0 Å². The first-order valence-electron chi connectivity index (χ1n) is 5.93. The molecule has 1 aliphatic heterocycles. The molecular formula is C12H16BrNO4S. The molecule has 1 unspecified atom stereocenters. The van der Waals surface area contributed by atoms with Crippen molar-refractivity contribution >= 4 is 26.0 Å². The lowest BCUT2D eigenvalue weighted by molar-refractivity contribution is 0.0109. The maximum atomic E-state index is 12.7. The second-order valence-corrected chi connectivity index (χ2v) is 7.21. The summed E-state index contributed by atoms with van der Waals surface area (Å²) in [4.78, 5) is 0.266. The largest absolute Gasteiger partial charge is 0.395 e. The van der Waals surface area contributed by atoms with Crippen molar-refractivity contribution in [3.63, 3.8) is 0 Å². The Morgan fingerprint density at radius 1 is 1.53 bits per heavy atom. The Hall–Kier alpha value is -0.470. The molecule has 1 aliphatic rings. The molecule has 0 spiro atoms. The minimum absolute atomic E-state index is 0.225. The maximum absolute atomic E-state index is 12.7.